The Labute approximate surface area is 145 Å². The number of anilines is 2. The zero-order chi connectivity index (χ0) is 17.5. The van der Waals surface area contributed by atoms with Crippen molar-refractivity contribution in [2.24, 2.45) is 0 Å². The Morgan fingerprint density at radius 2 is 1.96 bits per heavy atom. The zero-order valence-corrected chi connectivity index (χ0v) is 13.6. The van der Waals surface area contributed by atoms with Gasteiger partial charge in [0.2, 0.25) is 0 Å². The molecule has 126 valence electrons. The summed E-state index contributed by atoms with van der Waals surface area (Å²) in [6.45, 7) is 0.579. The van der Waals surface area contributed by atoms with Gasteiger partial charge in [0.05, 0.1) is 12.8 Å². The molecule has 1 aromatic carbocycles. The number of carbonyl (C=O) groups excluding carboxylic acids is 1. The second kappa shape index (κ2) is 7.87. The van der Waals surface area contributed by atoms with Gasteiger partial charge in [-0.25, -0.2) is 0 Å². The van der Waals surface area contributed by atoms with Crippen molar-refractivity contribution in [2.75, 3.05) is 17.7 Å². The maximum absolute atomic E-state index is 12.3. The van der Waals surface area contributed by atoms with Crippen LogP contribution in [0.25, 0.3) is 0 Å². The van der Waals surface area contributed by atoms with Gasteiger partial charge < -0.3 is 15.4 Å². The number of nitrogens with zero attached hydrogens (tertiary/aromatic N) is 3. The van der Waals surface area contributed by atoms with Crippen molar-refractivity contribution in [3.05, 3.63) is 72.2 Å². The average Bonchev–Trinajstić information content (AvgIpc) is 2.68. The van der Waals surface area contributed by atoms with E-state index in [0.717, 1.165) is 5.56 Å². The Bertz CT molecular complexity index is 838. The van der Waals surface area contributed by atoms with E-state index in [1.165, 1.54) is 0 Å². The molecular formula is C18H17N5O2. The molecule has 7 heteroatoms. The maximum atomic E-state index is 12.3. The highest BCUT2D eigenvalue weighted by molar-refractivity contribution is 6.03. The van der Waals surface area contributed by atoms with Crippen LogP contribution in [0, 0.1) is 0 Å². The van der Waals surface area contributed by atoms with Crippen LogP contribution in [0.15, 0.2) is 60.9 Å². The third-order valence-electron chi connectivity index (χ3n) is 3.45. The minimum atomic E-state index is -0.351. The van der Waals surface area contributed by atoms with Gasteiger partial charge in [-0.05, 0) is 35.9 Å². The number of hydrogen-bond donors (Lipinski definition) is 2. The lowest BCUT2D eigenvalue weighted by molar-refractivity contribution is 0.102. The zero-order valence-electron chi connectivity index (χ0n) is 13.6. The fourth-order valence-corrected chi connectivity index (χ4v) is 2.18. The Kier molecular flexibility index (Phi) is 5.16. The largest absolute Gasteiger partial charge is 0.495 e. The van der Waals surface area contributed by atoms with Crippen LogP contribution in [-0.2, 0) is 6.54 Å². The fraction of sp³-hybridized carbons (Fsp3) is 0.111. The van der Waals surface area contributed by atoms with Gasteiger partial charge in [0.25, 0.3) is 5.91 Å². The summed E-state index contributed by atoms with van der Waals surface area (Å²) in [7, 11) is 1.55. The molecule has 3 rings (SSSR count). The molecule has 1 amide bonds. The van der Waals surface area contributed by atoms with Gasteiger partial charge in [0.1, 0.15) is 11.6 Å². The number of nitrogens with one attached hydrogen (secondary N) is 2. The summed E-state index contributed by atoms with van der Waals surface area (Å²) in [5.41, 5.74) is 1.83. The smallest absolute Gasteiger partial charge is 0.276 e. The first-order valence-corrected chi connectivity index (χ1v) is 7.67. The summed E-state index contributed by atoms with van der Waals surface area (Å²) >= 11 is 0. The van der Waals surface area contributed by atoms with E-state index in [1.807, 2.05) is 24.3 Å². The van der Waals surface area contributed by atoms with Crippen LogP contribution >= 0.6 is 0 Å². The molecule has 0 atom stereocenters. The molecule has 0 aliphatic heterocycles. The highest BCUT2D eigenvalue weighted by atomic mass is 16.5. The van der Waals surface area contributed by atoms with Gasteiger partial charge in [-0.15, -0.1) is 10.2 Å². The Hall–Kier alpha value is -3.48. The SMILES string of the molecule is COc1ccccc1NC(=O)c1ccc(NCc2cccnc2)nn1. The Morgan fingerprint density at radius 3 is 2.68 bits per heavy atom. The monoisotopic (exact) mass is 335 g/mol. The van der Waals surface area contributed by atoms with Gasteiger partial charge in [0.15, 0.2) is 5.69 Å². The minimum absolute atomic E-state index is 0.220. The summed E-state index contributed by atoms with van der Waals surface area (Å²) in [5.74, 6) is 0.812. The molecule has 2 heterocycles. The van der Waals surface area contributed by atoms with E-state index in [2.05, 4.69) is 25.8 Å². The lowest BCUT2D eigenvalue weighted by Crippen LogP contribution is -2.15. The molecule has 0 aliphatic carbocycles. The molecule has 2 N–H and O–H groups in total. The average molecular weight is 335 g/mol. The summed E-state index contributed by atoms with van der Waals surface area (Å²) in [6, 6.07) is 14.3. The third-order valence-corrected chi connectivity index (χ3v) is 3.45. The van der Waals surface area contributed by atoms with Crippen LogP contribution in [0.3, 0.4) is 0 Å². The second-order valence-electron chi connectivity index (χ2n) is 5.17. The molecule has 7 nitrogen and oxygen atoms in total. The number of hydrogen-bond acceptors (Lipinski definition) is 6. The third kappa shape index (κ3) is 4.29. The van der Waals surface area contributed by atoms with Crippen molar-refractivity contribution in [1.29, 1.82) is 0 Å². The molecular weight excluding hydrogens is 318 g/mol. The molecule has 0 radical (unpaired) electrons. The number of benzene rings is 1. The molecule has 0 unspecified atom stereocenters. The summed E-state index contributed by atoms with van der Waals surface area (Å²) < 4.78 is 5.21. The summed E-state index contributed by atoms with van der Waals surface area (Å²) in [5, 5.41) is 13.9. The number of para-hydroxylation sites is 2. The van der Waals surface area contributed by atoms with Crippen molar-refractivity contribution in [3.8, 4) is 5.75 Å². The van der Waals surface area contributed by atoms with Gasteiger partial charge in [-0.3, -0.25) is 9.78 Å². The number of rotatable bonds is 6. The first-order chi connectivity index (χ1) is 12.3. The van der Waals surface area contributed by atoms with Crippen molar-refractivity contribution >= 4 is 17.4 Å². The van der Waals surface area contributed by atoms with Gasteiger partial charge in [0, 0.05) is 18.9 Å². The van der Waals surface area contributed by atoms with Gasteiger partial charge >= 0.3 is 0 Å². The number of amides is 1. The van der Waals surface area contributed by atoms with Crippen molar-refractivity contribution < 1.29 is 9.53 Å². The molecule has 0 saturated heterocycles. The number of methoxy groups -OCH3 is 1. The first-order valence-electron chi connectivity index (χ1n) is 7.67. The fourth-order valence-electron chi connectivity index (χ4n) is 2.18. The van der Waals surface area contributed by atoms with Crippen LogP contribution in [-0.4, -0.2) is 28.2 Å². The van der Waals surface area contributed by atoms with E-state index in [4.69, 9.17) is 4.74 Å². The van der Waals surface area contributed by atoms with Crippen LogP contribution in [0.1, 0.15) is 16.1 Å². The van der Waals surface area contributed by atoms with E-state index in [9.17, 15) is 4.79 Å². The molecule has 25 heavy (non-hydrogen) atoms. The molecule has 0 saturated carbocycles. The maximum Gasteiger partial charge on any atom is 0.276 e. The standard InChI is InChI=1S/C18H17N5O2/c1-25-16-7-3-2-6-14(16)21-18(24)15-8-9-17(23-22-15)20-12-13-5-4-10-19-11-13/h2-11H,12H2,1H3,(H,20,23)(H,21,24). The number of aromatic nitrogens is 3. The number of pyridine rings is 1. The summed E-state index contributed by atoms with van der Waals surface area (Å²) in [6.07, 6.45) is 3.49. The van der Waals surface area contributed by atoms with Crippen molar-refractivity contribution in [2.45, 2.75) is 6.54 Å². The van der Waals surface area contributed by atoms with E-state index >= 15 is 0 Å². The molecule has 0 fully saturated rings. The van der Waals surface area contributed by atoms with E-state index < -0.39 is 0 Å². The predicted molar refractivity (Wildman–Crippen MR) is 94.5 cm³/mol. The predicted octanol–water partition coefficient (Wildman–Crippen LogP) is 2.74. The normalized spacial score (nSPS) is 10.1. The summed E-state index contributed by atoms with van der Waals surface area (Å²) in [4.78, 5) is 16.3. The topological polar surface area (TPSA) is 89.0 Å². The molecule has 0 bridgehead atoms. The lowest BCUT2D eigenvalue weighted by atomic mass is 10.2. The molecule has 0 spiro atoms. The highest BCUT2D eigenvalue weighted by Crippen LogP contribution is 2.23. The number of ether oxygens (including phenoxy) is 1. The van der Waals surface area contributed by atoms with Gasteiger partial charge in [-0.2, -0.15) is 0 Å². The van der Waals surface area contributed by atoms with Crippen LogP contribution < -0.4 is 15.4 Å². The molecule has 2 aromatic heterocycles. The van der Waals surface area contributed by atoms with E-state index in [1.54, 1.807) is 43.8 Å². The van der Waals surface area contributed by atoms with E-state index in [-0.39, 0.29) is 11.6 Å². The highest BCUT2D eigenvalue weighted by Gasteiger charge is 2.11. The van der Waals surface area contributed by atoms with Crippen molar-refractivity contribution in [1.82, 2.24) is 15.2 Å². The first kappa shape index (κ1) is 16.4. The molecule has 3 aromatic rings. The van der Waals surface area contributed by atoms with Crippen LogP contribution in [0.4, 0.5) is 11.5 Å². The van der Waals surface area contributed by atoms with Crippen LogP contribution in [0.5, 0.6) is 5.75 Å². The Morgan fingerprint density at radius 1 is 1.08 bits per heavy atom. The number of carbonyl (C=O) groups is 1. The quantitative estimate of drug-likeness (QED) is 0.720. The Balaban J connectivity index is 1.62. The lowest BCUT2D eigenvalue weighted by Gasteiger charge is -2.09. The molecule has 0 aliphatic rings. The van der Waals surface area contributed by atoms with Crippen molar-refractivity contribution in [3.63, 3.8) is 0 Å². The minimum Gasteiger partial charge on any atom is -0.495 e. The second-order valence-corrected chi connectivity index (χ2v) is 5.17. The van der Waals surface area contributed by atoms with Gasteiger partial charge in [-0.1, -0.05) is 18.2 Å². The van der Waals surface area contributed by atoms with Crippen LogP contribution in [0.2, 0.25) is 0 Å². The van der Waals surface area contributed by atoms with E-state index in [0.29, 0.717) is 23.8 Å².